The van der Waals surface area contributed by atoms with Gasteiger partial charge >= 0.3 is 5.97 Å². The molecule has 5 rings (SSSR count). The number of para-hydroxylation sites is 1. The van der Waals surface area contributed by atoms with Crippen LogP contribution in [0.25, 0.3) is 0 Å². The van der Waals surface area contributed by atoms with Crippen molar-refractivity contribution in [2.45, 2.75) is 38.3 Å². The first-order valence-corrected chi connectivity index (χ1v) is 15.7. The number of carboxylic acid groups (broad SMARTS) is 1. The lowest BCUT2D eigenvalue weighted by Gasteiger charge is -2.36. The first kappa shape index (κ1) is 31.9. The minimum Gasteiger partial charge on any atom is -0.497 e. The summed E-state index contributed by atoms with van der Waals surface area (Å²) in [5.41, 5.74) is 4.71. The fourth-order valence-electron chi connectivity index (χ4n) is 5.79. The van der Waals surface area contributed by atoms with Gasteiger partial charge in [0.2, 0.25) is 5.91 Å². The third-order valence-electron chi connectivity index (χ3n) is 8.12. The number of aromatic carboxylic acids is 1. The number of carbonyl (C=O) groups is 2. The third-order valence-corrected chi connectivity index (χ3v) is 8.86. The lowest BCUT2D eigenvalue weighted by Crippen LogP contribution is -2.40. The van der Waals surface area contributed by atoms with Gasteiger partial charge in [0, 0.05) is 41.7 Å². The summed E-state index contributed by atoms with van der Waals surface area (Å²) in [6.07, 6.45) is 1.91. The summed E-state index contributed by atoms with van der Waals surface area (Å²) in [6.45, 7) is 3.71. The van der Waals surface area contributed by atoms with Crippen LogP contribution in [0.2, 0.25) is 0 Å². The summed E-state index contributed by atoms with van der Waals surface area (Å²) in [5, 5.41) is 12.8. The van der Waals surface area contributed by atoms with Gasteiger partial charge in [0.25, 0.3) is 0 Å². The molecule has 8 nitrogen and oxygen atoms in total. The molecule has 1 saturated heterocycles. The number of carbonyl (C=O) groups excluding carboxylic acids is 1. The Kier molecular flexibility index (Phi) is 10.3. The first-order valence-electron chi connectivity index (χ1n) is 14.9. The maximum absolute atomic E-state index is 13.7. The summed E-state index contributed by atoms with van der Waals surface area (Å²) in [7, 11) is 3.04. The number of rotatable bonds is 11. The van der Waals surface area contributed by atoms with E-state index in [1.807, 2.05) is 54.6 Å². The van der Waals surface area contributed by atoms with Crippen molar-refractivity contribution in [3.63, 3.8) is 0 Å². The monoisotopic (exact) mass is 672 g/mol. The van der Waals surface area contributed by atoms with Gasteiger partial charge in [-0.15, -0.1) is 0 Å². The van der Waals surface area contributed by atoms with Crippen molar-refractivity contribution in [2.75, 3.05) is 32.2 Å². The molecule has 4 aromatic carbocycles. The minimum atomic E-state index is -1.11. The molecule has 1 aliphatic heterocycles. The average molecular weight is 674 g/mol. The van der Waals surface area contributed by atoms with E-state index in [2.05, 4.69) is 51.3 Å². The second-order valence-electron chi connectivity index (χ2n) is 11.0. The molecular weight excluding hydrogens is 636 g/mol. The number of aryl methyl sites for hydroxylation is 1. The highest BCUT2D eigenvalue weighted by atomic mass is 79.9. The summed E-state index contributed by atoms with van der Waals surface area (Å²) in [4.78, 5) is 27.8. The van der Waals surface area contributed by atoms with Crippen LogP contribution < -0.4 is 24.4 Å². The van der Waals surface area contributed by atoms with E-state index >= 15 is 0 Å². The normalized spacial score (nSPS) is 14.0. The molecule has 2 N–H and O–H groups in total. The zero-order valence-electron chi connectivity index (χ0n) is 25.6. The number of benzene rings is 4. The number of hydrogen-bond donors (Lipinski definition) is 2. The van der Waals surface area contributed by atoms with Gasteiger partial charge in [-0.05, 0) is 66.1 Å². The molecule has 234 valence electrons. The molecule has 1 heterocycles. The number of carboxylic acids is 1. The molecule has 1 fully saturated rings. The molecule has 0 aromatic heterocycles. The lowest BCUT2D eigenvalue weighted by molar-refractivity contribution is -0.120. The number of ether oxygens (including phenoxy) is 3. The van der Waals surface area contributed by atoms with Crippen LogP contribution in [0.4, 0.5) is 5.69 Å². The average Bonchev–Trinajstić information content (AvgIpc) is 3.05. The van der Waals surface area contributed by atoms with Gasteiger partial charge < -0.3 is 29.5 Å². The van der Waals surface area contributed by atoms with E-state index in [1.165, 1.54) is 13.2 Å². The van der Waals surface area contributed by atoms with Gasteiger partial charge in [-0.3, -0.25) is 4.79 Å². The largest absolute Gasteiger partial charge is 0.497 e. The molecule has 0 radical (unpaired) electrons. The van der Waals surface area contributed by atoms with E-state index < -0.39 is 12.0 Å². The molecule has 1 unspecified atom stereocenters. The second kappa shape index (κ2) is 14.5. The number of hydrogen-bond acceptors (Lipinski definition) is 6. The standard InChI is InChI=1S/C36H37BrN2O6/c1-23-8-7-11-31(39-18-16-28(17-19-39)45-27-9-5-4-6-10-27)34(23)35(24-12-14-26(43-2)15-13-24)38-33(40)21-25-20-32(44-3)29(36(41)42)22-30(25)37/h4-15,20,22,28,35H,16-19,21H2,1-3H3,(H,38,40)(H,41,42). The molecule has 0 saturated carbocycles. The highest BCUT2D eigenvalue weighted by Gasteiger charge is 2.28. The number of nitrogens with one attached hydrogen (secondary N) is 1. The van der Waals surface area contributed by atoms with Crippen molar-refractivity contribution in [3.8, 4) is 17.2 Å². The van der Waals surface area contributed by atoms with Crippen LogP contribution in [0.3, 0.4) is 0 Å². The zero-order valence-corrected chi connectivity index (χ0v) is 27.2. The van der Waals surface area contributed by atoms with Gasteiger partial charge in [-0.25, -0.2) is 4.79 Å². The molecule has 4 aromatic rings. The van der Waals surface area contributed by atoms with Gasteiger partial charge in [0.1, 0.15) is 28.9 Å². The van der Waals surface area contributed by atoms with E-state index in [9.17, 15) is 14.7 Å². The predicted molar refractivity (Wildman–Crippen MR) is 178 cm³/mol. The van der Waals surface area contributed by atoms with Crippen molar-refractivity contribution < 1.29 is 28.9 Å². The number of methoxy groups -OCH3 is 2. The maximum Gasteiger partial charge on any atom is 0.339 e. The van der Waals surface area contributed by atoms with E-state index in [0.717, 1.165) is 59.8 Å². The van der Waals surface area contributed by atoms with Gasteiger partial charge in [-0.2, -0.15) is 0 Å². The molecule has 45 heavy (non-hydrogen) atoms. The summed E-state index contributed by atoms with van der Waals surface area (Å²) in [6, 6.07) is 26.5. The summed E-state index contributed by atoms with van der Waals surface area (Å²) < 4.78 is 17.5. The minimum absolute atomic E-state index is 0.0205. The second-order valence-corrected chi connectivity index (χ2v) is 11.9. The van der Waals surface area contributed by atoms with Crippen molar-refractivity contribution in [1.82, 2.24) is 5.32 Å². The van der Waals surface area contributed by atoms with Crippen molar-refractivity contribution >= 4 is 33.5 Å². The Balaban J connectivity index is 1.43. The Bertz CT molecular complexity index is 1640. The molecular formula is C36H37BrN2O6. The Morgan fingerprint density at radius 2 is 1.64 bits per heavy atom. The number of anilines is 1. The molecule has 0 bridgehead atoms. The Labute approximate surface area is 272 Å². The number of nitrogens with zero attached hydrogens (tertiary/aromatic N) is 1. The molecule has 1 atom stereocenters. The quantitative estimate of drug-likeness (QED) is 0.178. The Morgan fingerprint density at radius 1 is 0.933 bits per heavy atom. The molecule has 0 spiro atoms. The molecule has 1 aliphatic rings. The van der Waals surface area contributed by atoms with Gasteiger partial charge in [0.15, 0.2) is 0 Å². The van der Waals surface area contributed by atoms with Crippen molar-refractivity contribution in [3.05, 3.63) is 117 Å². The van der Waals surface area contributed by atoms with Crippen LogP contribution in [0.5, 0.6) is 17.2 Å². The van der Waals surface area contributed by atoms with E-state index in [4.69, 9.17) is 14.2 Å². The van der Waals surface area contributed by atoms with Crippen LogP contribution in [-0.2, 0) is 11.2 Å². The van der Waals surface area contributed by atoms with Gasteiger partial charge in [0.05, 0.1) is 26.7 Å². The summed E-state index contributed by atoms with van der Waals surface area (Å²) >= 11 is 3.45. The van der Waals surface area contributed by atoms with Crippen molar-refractivity contribution in [2.24, 2.45) is 0 Å². The fourth-order valence-corrected chi connectivity index (χ4v) is 6.28. The zero-order chi connectivity index (χ0) is 31.9. The lowest BCUT2D eigenvalue weighted by atomic mass is 9.91. The van der Waals surface area contributed by atoms with Crippen molar-refractivity contribution in [1.29, 1.82) is 0 Å². The molecule has 1 amide bonds. The van der Waals surface area contributed by atoms with E-state index in [0.29, 0.717) is 10.0 Å². The third kappa shape index (κ3) is 7.60. The highest BCUT2D eigenvalue weighted by molar-refractivity contribution is 9.10. The van der Waals surface area contributed by atoms with Crippen LogP contribution in [0.1, 0.15) is 51.5 Å². The molecule has 9 heteroatoms. The van der Waals surface area contributed by atoms with E-state index in [-0.39, 0.29) is 29.7 Å². The molecule has 0 aliphatic carbocycles. The van der Waals surface area contributed by atoms with Crippen LogP contribution >= 0.6 is 15.9 Å². The van der Waals surface area contributed by atoms with Gasteiger partial charge in [-0.1, -0.05) is 58.4 Å². The maximum atomic E-state index is 13.7. The SMILES string of the molecule is COc1ccc(C(NC(=O)Cc2cc(OC)c(C(=O)O)cc2Br)c2c(C)cccc2N2CCC(Oc3ccccc3)CC2)cc1. The van der Waals surface area contributed by atoms with Crippen LogP contribution in [0.15, 0.2) is 89.4 Å². The Hall–Kier alpha value is -4.50. The van der Waals surface area contributed by atoms with Crippen LogP contribution in [0, 0.1) is 6.92 Å². The fraction of sp³-hybridized carbons (Fsp3) is 0.278. The topological polar surface area (TPSA) is 97.3 Å². The highest BCUT2D eigenvalue weighted by Crippen LogP contribution is 2.36. The number of piperidine rings is 1. The smallest absolute Gasteiger partial charge is 0.339 e. The number of halogens is 1. The first-order chi connectivity index (χ1) is 21.8. The Morgan fingerprint density at radius 3 is 2.29 bits per heavy atom. The number of amides is 1. The predicted octanol–water partition coefficient (Wildman–Crippen LogP) is 6.97. The van der Waals surface area contributed by atoms with E-state index in [1.54, 1.807) is 13.2 Å². The van der Waals surface area contributed by atoms with Crippen LogP contribution in [-0.4, -0.2) is 50.4 Å². The summed E-state index contributed by atoms with van der Waals surface area (Å²) in [5.74, 6) is 0.484.